The summed E-state index contributed by atoms with van der Waals surface area (Å²) in [5.74, 6) is 0.962. The lowest BCUT2D eigenvalue weighted by atomic mass is 9.94. The molecule has 120 valence electrons. The highest BCUT2D eigenvalue weighted by Gasteiger charge is 2.33. The van der Waals surface area contributed by atoms with Crippen molar-refractivity contribution in [3.63, 3.8) is 0 Å². The quantitative estimate of drug-likeness (QED) is 0.777. The Kier molecular flexibility index (Phi) is 6.08. The molecule has 2 atom stereocenters. The van der Waals surface area contributed by atoms with E-state index in [1.54, 1.807) is 0 Å². The van der Waals surface area contributed by atoms with Gasteiger partial charge in [-0.1, -0.05) is 12.8 Å². The van der Waals surface area contributed by atoms with Crippen molar-refractivity contribution in [2.45, 2.75) is 89.8 Å². The van der Waals surface area contributed by atoms with Gasteiger partial charge in [0.25, 0.3) is 0 Å². The second-order valence-electron chi connectivity index (χ2n) is 7.64. The van der Waals surface area contributed by atoms with Crippen molar-refractivity contribution in [3.8, 4) is 6.07 Å². The predicted octanol–water partition coefficient (Wildman–Crippen LogP) is 3.70. The molecule has 0 amide bonds. The molecule has 0 aromatic rings. The maximum absolute atomic E-state index is 9.42. The third-order valence-electron chi connectivity index (χ3n) is 5.33. The first-order valence-electron chi connectivity index (χ1n) is 8.97. The Morgan fingerprint density at radius 1 is 1.24 bits per heavy atom. The third kappa shape index (κ3) is 4.69. The molecule has 0 spiro atoms. The van der Waals surface area contributed by atoms with E-state index in [1.165, 1.54) is 51.6 Å². The molecular formula is C18H33N3. The zero-order valence-corrected chi connectivity index (χ0v) is 14.2. The molecular weight excluding hydrogens is 258 g/mol. The Morgan fingerprint density at radius 2 is 1.95 bits per heavy atom. The summed E-state index contributed by atoms with van der Waals surface area (Å²) in [6, 6.07) is 3.69. The van der Waals surface area contributed by atoms with Gasteiger partial charge in [0.2, 0.25) is 0 Å². The predicted molar refractivity (Wildman–Crippen MR) is 88.1 cm³/mol. The van der Waals surface area contributed by atoms with Crippen molar-refractivity contribution in [1.82, 2.24) is 10.2 Å². The Bertz CT molecular complexity index is 354. The van der Waals surface area contributed by atoms with Gasteiger partial charge >= 0.3 is 0 Å². The molecule has 3 heteroatoms. The van der Waals surface area contributed by atoms with Crippen LogP contribution in [0.3, 0.4) is 0 Å². The van der Waals surface area contributed by atoms with Crippen LogP contribution in [-0.2, 0) is 0 Å². The number of hydrogen-bond donors (Lipinski definition) is 1. The fourth-order valence-corrected chi connectivity index (χ4v) is 4.44. The summed E-state index contributed by atoms with van der Waals surface area (Å²) in [5.41, 5.74) is -0.364. The summed E-state index contributed by atoms with van der Waals surface area (Å²) in [6.07, 6.45) is 10.7. The average Bonchev–Trinajstić information content (AvgIpc) is 3.07. The Hall–Kier alpha value is -0.590. The number of nitrogens with zero attached hydrogens (tertiary/aromatic N) is 2. The second kappa shape index (κ2) is 7.61. The number of hydrogen-bond acceptors (Lipinski definition) is 3. The number of nitriles is 1. The molecule has 1 aliphatic carbocycles. The summed E-state index contributed by atoms with van der Waals surface area (Å²) < 4.78 is 0. The minimum Gasteiger partial charge on any atom is -0.300 e. The molecule has 1 aliphatic heterocycles. The van der Waals surface area contributed by atoms with Crippen LogP contribution in [0.15, 0.2) is 0 Å². The van der Waals surface area contributed by atoms with Crippen LogP contribution in [0.25, 0.3) is 0 Å². The van der Waals surface area contributed by atoms with E-state index in [0.717, 1.165) is 24.8 Å². The molecule has 1 heterocycles. The minimum absolute atomic E-state index is 0.364. The van der Waals surface area contributed by atoms with Crippen LogP contribution >= 0.6 is 0 Å². The van der Waals surface area contributed by atoms with Gasteiger partial charge in [0, 0.05) is 12.1 Å². The smallest absolute Gasteiger partial charge is 0.104 e. The maximum atomic E-state index is 9.42. The Labute approximate surface area is 131 Å². The monoisotopic (exact) mass is 291 g/mol. The van der Waals surface area contributed by atoms with Gasteiger partial charge in [0.1, 0.15) is 5.54 Å². The minimum atomic E-state index is -0.364. The van der Waals surface area contributed by atoms with E-state index >= 15 is 0 Å². The first kappa shape index (κ1) is 16.8. The van der Waals surface area contributed by atoms with Gasteiger partial charge in [-0.2, -0.15) is 5.26 Å². The van der Waals surface area contributed by atoms with Crippen LogP contribution in [0.2, 0.25) is 0 Å². The lowest BCUT2D eigenvalue weighted by Crippen LogP contribution is -2.45. The van der Waals surface area contributed by atoms with Crippen LogP contribution in [0.4, 0.5) is 0 Å². The van der Waals surface area contributed by atoms with Gasteiger partial charge in [0.05, 0.1) is 6.07 Å². The van der Waals surface area contributed by atoms with E-state index < -0.39 is 0 Å². The molecule has 0 aromatic carbocycles. The van der Waals surface area contributed by atoms with Gasteiger partial charge in [-0.05, 0) is 78.3 Å². The number of nitrogens with one attached hydrogen (secondary N) is 1. The average molecular weight is 291 g/mol. The zero-order valence-electron chi connectivity index (χ0n) is 14.2. The van der Waals surface area contributed by atoms with Crippen LogP contribution in [0.5, 0.6) is 0 Å². The van der Waals surface area contributed by atoms with Crippen LogP contribution in [-0.4, -0.2) is 35.6 Å². The van der Waals surface area contributed by atoms with Crippen molar-refractivity contribution in [1.29, 1.82) is 5.26 Å². The molecule has 1 saturated heterocycles. The molecule has 2 fully saturated rings. The van der Waals surface area contributed by atoms with Crippen molar-refractivity contribution < 1.29 is 0 Å². The number of likely N-dealkylation sites (tertiary alicyclic amines) is 1. The van der Waals surface area contributed by atoms with E-state index in [-0.39, 0.29) is 5.54 Å². The molecule has 1 saturated carbocycles. The Morgan fingerprint density at radius 3 is 2.57 bits per heavy atom. The second-order valence-corrected chi connectivity index (χ2v) is 7.64. The Balaban J connectivity index is 1.78. The fraction of sp³-hybridized carbons (Fsp3) is 0.944. The molecule has 21 heavy (non-hydrogen) atoms. The van der Waals surface area contributed by atoms with Gasteiger partial charge in [-0.3, -0.25) is 5.32 Å². The molecule has 0 bridgehead atoms. The van der Waals surface area contributed by atoms with Crippen molar-refractivity contribution in [2.75, 3.05) is 13.1 Å². The zero-order chi connectivity index (χ0) is 15.3. The van der Waals surface area contributed by atoms with E-state index in [1.807, 2.05) is 6.92 Å². The summed E-state index contributed by atoms with van der Waals surface area (Å²) in [6.45, 7) is 8.74. The topological polar surface area (TPSA) is 39.1 Å². The van der Waals surface area contributed by atoms with E-state index in [9.17, 15) is 5.26 Å². The summed E-state index contributed by atoms with van der Waals surface area (Å²) in [4.78, 5) is 2.73. The number of rotatable bonds is 7. The van der Waals surface area contributed by atoms with Gasteiger partial charge in [0.15, 0.2) is 0 Å². The van der Waals surface area contributed by atoms with E-state index in [4.69, 9.17) is 0 Å². The van der Waals surface area contributed by atoms with Crippen LogP contribution < -0.4 is 5.32 Å². The summed E-state index contributed by atoms with van der Waals surface area (Å²) in [5, 5.41) is 12.8. The molecule has 3 nitrogen and oxygen atoms in total. The fourth-order valence-electron chi connectivity index (χ4n) is 4.44. The first-order chi connectivity index (χ1) is 10.0. The van der Waals surface area contributed by atoms with Crippen molar-refractivity contribution >= 4 is 0 Å². The van der Waals surface area contributed by atoms with E-state index in [0.29, 0.717) is 6.04 Å². The van der Waals surface area contributed by atoms with Crippen molar-refractivity contribution in [2.24, 2.45) is 5.92 Å². The molecule has 0 aromatic heterocycles. The SMILES string of the molecule is CC(C)NC(C)(C#N)CCCN1CCCC1C1CCCC1. The standard InChI is InChI=1S/C18H33N3/c1-15(2)20-18(3,14-19)11-7-13-21-12-6-10-17(21)16-8-4-5-9-16/h15-17,20H,4-13H2,1-3H3. The summed E-state index contributed by atoms with van der Waals surface area (Å²) in [7, 11) is 0. The van der Waals surface area contributed by atoms with Crippen LogP contribution in [0.1, 0.15) is 72.1 Å². The highest BCUT2D eigenvalue weighted by Crippen LogP contribution is 2.35. The molecule has 1 N–H and O–H groups in total. The normalized spacial score (nSPS) is 27.1. The first-order valence-corrected chi connectivity index (χ1v) is 8.97. The third-order valence-corrected chi connectivity index (χ3v) is 5.33. The van der Waals surface area contributed by atoms with Gasteiger partial charge in [-0.15, -0.1) is 0 Å². The maximum Gasteiger partial charge on any atom is 0.104 e. The highest BCUT2D eigenvalue weighted by molar-refractivity contribution is 5.04. The van der Waals surface area contributed by atoms with E-state index in [2.05, 4.69) is 30.1 Å². The molecule has 2 aliphatic rings. The lowest BCUT2D eigenvalue weighted by molar-refractivity contribution is 0.183. The van der Waals surface area contributed by atoms with Crippen LogP contribution in [0, 0.1) is 17.2 Å². The lowest BCUT2D eigenvalue weighted by Gasteiger charge is -2.31. The molecule has 0 radical (unpaired) electrons. The highest BCUT2D eigenvalue weighted by atomic mass is 15.2. The summed E-state index contributed by atoms with van der Waals surface area (Å²) >= 11 is 0. The molecule has 2 rings (SSSR count). The largest absolute Gasteiger partial charge is 0.300 e. The van der Waals surface area contributed by atoms with Gasteiger partial charge < -0.3 is 4.90 Å². The molecule has 2 unspecified atom stereocenters. The van der Waals surface area contributed by atoms with Crippen molar-refractivity contribution in [3.05, 3.63) is 0 Å². The van der Waals surface area contributed by atoms with Gasteiger partial charge in [-0.25, -0.2) is 0 Å².